The first-order valence-electron chi connectivity index (χ1n) is 4.26. The van der Waals surface area contributed by atoms with Crippen LogP contribution >= 0.6 is 0 Å². The molecule has 6 nitrogen and oxygen atoms in total. The summed E-state index contributed by atoms with van der Waals surface area (Å²) in [4.78, 5) is 4.63. The summed E-state index contributed by atoms with van der Waals surface area (Å²) in [5, 5.41) is 17.8. The van der Waals surface area contributed by atoms with Gasteiger partial charge in [0.05, 0.1) is 12.8 Å². The molecule has 0 amide bonds. The topological polar surface area (TPSA) is 69.2 Å². The van der Waals surface area contributed by atoms with Crippen molar-refractivity contribution in [3.05, 3.63) is 5.21 Å². The molecule has 0 unspecified atom stereocenters. The molecule has 0 aromatic rings. The molecule has 7 heteroatoms. The minimum Gasteiger partial charge on any atom is -0.456 e. The summed E-state index contributed by atoms with van der Waals surface area (Å²) in [5.74, 6) is 0. The second-order valence-electron chi connectivity index (χ2n) is 3.74. The summed E-state index contributed by atoms with van der Waals surface area (Å²) in [5.41, 5.74) is 0.608. The van der Waals surface area contributed by atoms with Gasteiger partial charge in [0.25, 0.3) is 8.32 Å². The Kier molecular flexibility index (Phi) is 5.14. The van der Waals surface area contributed by atoms with Crippen molar-refractivity contribution >= 4 is 14.0 Å². The molecule has 0 saturated heterocycles. The molecule has 0 aliphatic rings. The monoisotopic (exact) mass is 219 g/mol. The molecule has 0 atom stereocenters. The van der Waals surface area contributed by atoms with E-state index in [0.29, 0.717) is 5.71 Å². The summed E-state index contributed by atoms with van der Waals surface area (Å²) < 4.78 is 5.25. The van der Waals surface area contributed by atoms with Gasteiger partial charge in [-0.05, 0) is 26.6 Å². The summed E-state index contributed by atoms with van der Waals surface area (Å²) in [7, 11) is -0.297. The Morgan fingerprint density at radius 3 is 2.43 bits per heavy atom. The van der Waals surface area contributed by atoms with Crippen LogP contribution in [-0.2, 0) is 9.36 Å². The van der Waals surface area contributed by atoms with Crippen molar-refractivity contribution in [3.63, 3.8) is 0 Å². The van der Waals surface area contributed by atoms with Gasteiger partial charge in [-0.15, -0.1) is 5.16 Å². The van der Waals surface area contributed by atoms with E-state index >= 15 is 0 Å². The number of hydrogen-bond acceptors (Lipinski definition) is 5. The Morgan fingerprint density at radius 1 is 1.43 bits per heavy atom. The molecular weight excluding hydrogens is 202 g/mol. The van der Waals surface area contributed by atoms with Crippen LogP contribution in [0.15, 0.2) is 10.3 Å². The maximum Gasteiger partial charge on any atom is 0.278 e. The van der Waals surface area contributed by atoms with Crippen LogP contribution in [0.4, 0.5) is 0 Å². The van der Waals surface area contributed by atoms with Gasteiger partial charge in [0.2, 0.25) is 0 Å². The van der Waals surface area contributed by atoms with E-state index in [0.717, 1.165) is 0 Å². The van der Waals surface area contributed by atoms with Crippen LogP contribution in [0.1, 0.15) is 6.92 Å². The van der Waals surface area contributed by atoms with Crippen molar-refractivity contribution in [2.75, 3.05) is 13.7 Å². The first-order chi connectivity index (χ1) is 6.35. The first kappa shape index (κ1) is 12.9. The highest BCUT2D eigenvalue weighted by Gasteiger charge is 2.15. The highest BCUT2D eigenvalue weighted by atomic mass is 28.4. The van der Waals surface area contributed by atoms with Crippen molar-refractivity contribution in [1.29, 1.82) is 0 Å². The van der Waals surface area contributed by atoms with Gasteiger partial charge in [-0.2, -0.15) is 0 Å². The third kappa shape index (κ3) is 7.53. The molecule has 0 fully saturated rings. The Bertz CT molecular complexity index is 235. The maximum absolute atomic E-state index is 10.6. The van der Waals surface area contributed by atoms with Crippen LogP contribution in [0.25, 0.3) is 0 Å². The highest BCUT2D eigenvalue weighted by Crippen LogP contribution is 2.02. The second kappa shape index (κ2) is 5.58. The van der Waals surface area contributed by atoms with Gasteiger partial charge in [0.1, 0.15) is 6.61 Å². The standard InChI is InChI=1S/C7H17N3O3Si/c1-7(6-12-10(11)8-2)9-13-14(3,4)5/h6H2,1-5H3/b9-7+,10-8?. The van der Waals surface area contributed by atoms with E-state index in [1.54, 1.807) is 6.92 Å². The van der Waals surface area contributed by atoms with Crippen molar-refractivity contribution < 1.29 is 14.4 Å². The van der Waals surface area contributed by atoms with Gasteiger partial charge in [0.15, 0.2) is 5.02 Å². The molecule has 0 aromatic heterocycles. The quantitative estimate of drug-likeness (QED) is 0.306. The summed E-state index contributed by atoms with van der Waals surface area (Å²) in [6.45, 7) is 7.87. The smallest absolute Gasteiger partial charge is 0.278 e. The van der Waals surface area contributed by atoms with Crippen molar-refractivity contribution in [2.24, 2.45) is 10.3 Å². The summed E-state index contributed by atoms with van der Waals surface area (Å²) >= 11 is 0. The van der Waals surface area contributed by atoms with Crippen molar-refractivity contribution in [3.8, 4) is 0 Å². The van der Waals surface area contributed by atoms with Gasteiger partial charge in [-0.25, -0.2) is 5.21 Å². The first-order valence-corrected chi connectivity index (χ1v) is 7.67. The maximum atomic E-state index is 10.6. The van der Waals surface area contributed by atoms with Crippen LogP contribution in [0.2, 0.25) is 19.6 Å². The molecule has 82 valence electrons. The second-order valence-corrected chi connectivity index (χ2v) is 8.15. The Labute approximate surface area is 84.9 Å². The van der Waals surface area contributed by atoms with Gasteiger partial charge >= 0.3 is 0 Å². The summed E-state index contributed by atoms with van der Waals surface area (Å²) in [6, 6.07) is 0. The van der Waals surface area contributed by atoms with E-state index in [9.17, 15) is 5.21 Å². The molecule has 0 bridgehead atoms. The van der Waals surface area contributed by atoms with Crippen LogP contribution < -0.4 is 0 Å². The van der Waals surface area contributed by atoms with Crippen LogP contribution in [0.5, 0.6) is 0 Å². The largest absolute Gasteiger partial charge is 0.456 e. The van der Waals surface area contributed by atoms with E-state index in [1.807, 2.05) is 19.6 Å². The van der Waals surface area contributed by atoms with Crippen molar-refractivity contribution in [1.82, 2.24) is 0 Å². The molecule has 0 heterocycles. The van der Waals surface area contributed by atoms with E-state index < -0.39 is 8.32 Å². The normalized spacial score (nSPS) is 14.1. The SMILES string of the molecule is CN=[N+]([O-])OC/C(C)=N/O[Si](C)(C)C. The average molecular weight is 219 g/mol. The molecule has 0 aliphatic carbocycles. The molecular formula is C7H17N3O3Si. The molecule has 0 rings (SSSR count). The predicted octanol–water partition coefficient (Wildman–Crippen LogP) is 1.74. The predicted molar refractivity (Wildman–Crippen MR) is 55.5 cm³/mol. The molecule has 0 aromatic carbocycles. The van der Waals surface area contributed by atoms with Crippen molar-refractivity contribution in [2.45, 2.75) is 26.6 Å². The Balaban J connectivity index is 3.90. The van der Waals surface area contributed by atoms with Gasteiger partial charge in [-0.3, -0.25) is 0 Å². The van der Waals surface area contributed by atoms with E-state index in [4.69, 9.17) is 4.53 Å². The van der Waals surface area contributed by atoms with E-state index in [1.165, 1.54) is 7.05 Å². The molecule has 0 N–H and O–H groups in total. The number of oxime groups is 1. The van der Waals surface area contributed by atoms with Crippen LogP contribution in [-0.4, -0.2) is 32.7 Å². The molecule has 14 heavy (non-hydrogen) atoms. The highest BCUT2D eigenvalue weighted by molar-refractivity contribution is 6.69. The Hall–Kier alpha value is -1.11. The zero-order chi connectivity index (χ0) is 11.2. The lowest BCUT2D eigenvalue weighted by Gasteiger charge is -2.13. The third-order valence-electron chi connectivity index (χ3n) is 1.02. The lowest BCUT2D eigenvalue weighted by atomic mass is 10.5. The fourth-order valence-electron chi connectivity index (χ4n) is 0.448. The lowest BCUT2D eigenvalue weighted by molar-refractivity contribution is -0.786. The average Bonchev–Trinajstić information content (AvgIpc) is 2.09. The molecule has 0 aliphatic heterocycles. The van der Waals surface area contributed by atoms with Crippen LogP contribution in [0, 0.1) is 5.21 Å². The van der Waals surface area contributed by atoms with Gasteiger partial charge in [0, 0.05) is 5.11 Å². The molecule has 0 radical (unpaired) electrons. The fraction of sp³-hybridized carbons (Fsp3) is 0.857. The van der Waals surface area contributed by atoms with E-state index in [2.05, 4.69) is 15.1 Å². The van der Waals surface area contributed by atoms with Crippen LogP contribution in [0.3, 0.4) is 0 Å². The number of nitrogens with zero attached hydrogens (tertiary/aromatic N) is 3. The number of rotatable bonds is 5. The Morgan fingerprint density at radius 2 is 2.00 bits per heavy atom. The molecule has 0 spiro atoms. The zero-order valence-corrected chi connectivity index (χ0v) is 10.3. The minimum atomic E-state index is -1.64. The van der Waals surface area contributed by atoms with E-state index in [-0.39, 0.29) is 11.6 Å². The zero-order valence-electron chi connectivity index (χ0n) is 9.27. The third-order valence-corrected chi connectivity index (χ3v) is 1.66. The number of hydrogen-bond donors (Lipinski definition) is 0. The molecule has 0 saturated carbocycles. The van der Waals surface area contributed by atoms with Gasteiger partial charge in [-0.1, -0.05) is 0 Å². The fourth-order valence-corrected chi connectivity index (χ4v) is 0.877. The van der Waals surface area contributed by atoms with Gasteiger partial charge < -0.3 is 9.36 Å². The lowest BCUT2D eigenvalue weighted by Crippen LogP contribution is -2.23. The summed E-state index contributed by atoms with van der Waals surface area (Å²) in [6.07, 6.45) is 0. The minimum absolute atomic E-state index is 0.0886.